The quantitative estimate of drug-likeness (QED) is 0.206. The number of esters is 1. The fourth-order valence-electron chi connectivity index (χ4n) is 2.25. The third kappa shape index (κ3) is 3.51. The first-order valence-corrected chi connectivity index (χ1v) is 6.65. The molecule has 0 saturated heterocycles. The first kappa shape index (κ1) is 14.9. The van der Waals surface area contributed by atoms with Crippen LogP contribution in [0.15, 0.2) is 17.6 Å². The molecular weight excluding hydrogens is 276 g/mol. The summed E-state index contributed by atoms with van der Waals surface area (Å²) in [6, 6.07) is -0.970. The molecule has 0 unspecified atom stereocenters. The predicted molar refractivity (Wildman–Crippen MR) is 71.3 cm³/mol. The molecule has 0 aromatic carbocycles. The zero-order chi connectivity index (χ0) is 15.2. The van der Waals surface area contributed by atoms with E-state index in [4.69, 9.17) is 5.53 Å². The maximum Gasteiger partial charge on any atom is 0.414 e. The lowest BCUT2D eigenvalue weighted by molar-refractivity contribution is -0.696. The van der Waals surface area contributed by atoms with Gasteiger partial charge < -0.3 is 10.1 Å². The predicted octanol–water partition coefficient (Wildman–Crippen LogP) is 0.521. The summed E-state index contributed by atoms with van der Waals surface area (Å²) in [7, 11) is 1.30. The van der Waals surface area contributed by atoms with Gasteiger partial charge in [0.1, 0.15) is 12.2 Å². The standard InChI is InChI=1S/C12H16N6O3/c1-21-11(19)10-6-9-7-17(5-3-2-4-14-16-13)8-18(9)12(20)15-10/h7-8,10H,2-6H2,1H3/p+1/t10-/m0/s1. The van der Waals surface area contributed by atoms with Crippen molar-refractivity contribution in [3.8, 4) is 0 Å². The van der Waals surface area contributed by atoms with Gasteiger partial charge in [-0.05, 0) is 18.4 Å². The molecule has 9 nitrogen and oxygen atoms in total. The largest absolute Gasteiger partial charge is 0.467 e. The number of methoxy groups -OCH3 is 1. The van der Waals surface area contributed by atoms with Gasteiger partial charge in [-0.25, -0.2) is 14.2 Å². The van der Waals surface area contributed by atoms with E-state index in [2.05, 4.69) is 20.1 Å². The summed E-state index contributed by atoms with van der Waals surface area (Å²) >= 11 is 0. The Balaban J connectivity index is 1.98. The van der Waals surface area contributed by atoms with Gasteiger partial charge in [-0.1, -0.05) is 5.11 Å². The summed E-state index contributed by atoms with van der Waals surface area (Å²) in [5.41, 5.74) is 8.95. The Kier molecular flexibility index (Phi) is 4.78. The minimum Gasteiger partial charge on any atom is -0.467 e. The second-order valence-corrected chi connectivity index (χ2v) is 4.73. The molecule has 1 amide bonds. The van der Waals surface area contributed by atoms with E-state index in [0.717, 1.165) is 25.1 Å². The molecule has 1 aliphatic heterocycles. The highest BCUT2D eigenvalue weighted by Gasteiger charge is 2.34. The number of rotatable bonds is 6. The number of hydrogen-bond donors (Lipinski definition) is 1. The Labute approximate surface area is 121 Å². The van der Waals surface area contributed by atoms with Crippen LogP contribution in [0.4, 0.5) is 4.79 Å². The van der Waals surface area contributed by atoms with Gasteiger partial charge >= 0.3 is 12.0 Å². The number of carbonyl (C=O) groups is 2. The van der Waals surface area contributed by atoms with Crippen molar-refractivity contribution in [1.29, 1.82) is 0 Å². The molecule has 0 saturated carbocycles. The van der Waals surface area contributed by atoms with E-state index in [1.165, 1.54) is 11.7 Å². The smallest absolute Gasteiger partial charge is 0.414 e. The highest BCUT2D eigenvalue weighted by molar-refractivity contribution is 5.86. The van der Waals surface area contributed by atoms with Gasteiger partial charge in [0.05, 0.1) is 13.7 Å². The molecule has 1 aliphatic rings. The number of nitrogens with one attached hydrogen (secondary N) is 1. The highest BCUT2D eigenvalue weighted by atomic mass is 16.5. The average Bonchev–Trinajstić information content (AvgIpc) is 2.89. The third-order valence-electron chi connectivity index (χ3n) is 3.29. The van der Waals surface area contributed by atoms with Crippen molar-refractivity contribution in [2.75, 3.05) is 13.7 Å². The zero-order valence-corrected chi connectivity index (χ0v) is 11.7. The van der Waals surface area contributed by atoms with E-state index >= 15 is 0 Å². The number of imidazole rings is 1. The Bertz CT molecular complexity index is 590. The molecular formula is C12H17N6O3+. The molecule has 1 atom stereocenters. The van der Waals surface area contributed by atoms with E-state index in [9.17, 15) is 9.59 Å². The van der Waals surface area contributed by atoms with Crippen molar-refractivity contribution in [1.82, 2.24) is 9.88 Å². The first-order chi connectivity index (χ1) is 10.2. The number of fused-ring (bicyclic) bond motifs is 1. The lowest BCUT2D eigenvalue weighted by Crippen LogP contribution is -2.49. The van der Waals surface area contributed by atoms with Crippen LogP contribution in [-0.4, -0.2) is 36.3 Å². The Morgan fingerprint density at radius 2 is 2.48 bits per heavy atom. The van der Waals surface area contributed by atoms with Crippen LogP contribution >= 0.6 is 0 Å². The lowest BCUT2D eigenvalue weighted by atomic mass is 10.1. The summed E-state index contributed by atoms with van der Waals surface area (Å²) in [6.45, 7) is 1.19. The molecule has 9 heteroatoms. The van der Waals surface area contributed by atoms with E-state index < -0.39 is 12.0 Å². The van der Waals surface area contributed by atoms with Crippen LogP contribution in [0.1, 0.15) is 18.5 Å². The minimum atomic E-state index is -0.636. The fraction of sp³-hybridized carbons (Fsp3) is 0.583. The molecule has 112 valence electrons. The molecule has 1 N–H and O–H groups in total. The van der Waals surface area contributed by atoms with Gasteiger partial charge in [0.25, 0.3) is 6.33 Å². The van der Waals surface area contributed by atoms with Gasteiger partial charge in [-0.15, -0.1) is 4.57 Å². The van der Waals surface area contributed by atoms with Crippen molar-refractivity contribution in [2.45, 2.75) is 31.8 Å². The van der Waals surface area contributed by atoms with Crippen molar-refractivity contribution in [3.63, 3.8) is 0 Å². The molecule has 0 bridgehead atoms. The van der Waals surface area contributed by atoms with Gasteiger partial charge in [0.15, 0.2) is 5.69 Å². The second-order valence-electron chi connectivity index (χ2n) is 4.73. The minimum absolute atomic E-state index is 0.334. The number of hydrogen-bond acceptors (Lipinski definition) is 4. The molecule has 1 aromatic heterocycles. The molecule has 1 aromatic rings. The van der Waals surface area contributed by atoms with Gasteiger partial charge in [-0.2, -0.15) is 0 Å². The Morgan fingerprint density at radius 3 is 3.19 bits per heavy atom. The summed E-state index contributed by atoms with van der Waals surface area (Å²) in [4.78, 5) is 26.1. The third-order valence-corrected chi connectivity index (χ3v) is 3.29. The number of ether oxygens (including phenoxy) is 1. The SMILES string of the molecule is COC(=O)[C@@H]1Cc2c[n+](CCCCN=[N+]=[N-])cn2C(=O)N1. The number of carbonyl (C=O) groups excluding carboxylic acids is 2. The molecule has 0 fully saturated rings. The lowest BCUT2D eigenvalue weighted by Gasteiger charge is -2.17. The molecule has 21 heavy (non-hydrogen) atoms. The molecule has 0 radical (unpaired) electrons. The van der Waals surface area contributed by atoms with Crippen LogP contribution in [0.25, 0.3) is 10.4 Å². The Morgan fingerprint density at radius 1 is 1.67 bits per heavy atom. The van der Waals surface area contributed by atoms with Crippen molar-refractivity contribution in [3.05, 3.63) is 28.7 Å². The van der Waals surface area contributed by atoms with Crippen LogP contribution in [0.5, 0.6) is 0 Å². The monoisotopic (exact) mass is 293 g/mol. The highest BCUT2D eigenvalue weighted by Crippen LogP contribution is 2.10. The van der Waals surface area contributed by atoms with Crippen LogP contribution in [0, 0.1) is 0 Å². The number of unbranched alkanes of at least 4 members (excludes halogenated alkanes) is 1. The maximum atomic E-state index is 11.9. The fourth-order valence-corrected chi connectivity index (χ4v) is 2.25. The van der Waals surface area contributed by atoms with Crippen LogP contribution < -0.4 is 9.88 Å². The summed E-state index contributed by atoms with van der Waals surface area (Å²) in [6.07, 6.45) is 5.59. The van der Waals surface area contributed by atoms with Crippen molar-refractivity contribution < 1.29 is 18.9 Å². The Hall–Kier alpha value is -2.54. The topological polar surface area (TPSA) is 113 Å². The molecule has 0 aliphatic carbocycles. The van der Waals surface area contributed by atoms with Crippen LogP contribution in [0.2, 0.25) is 0 Å². The number of aryl methyl sites for hydroxylation is 1. The van der Waals surface area contributed by atoms with Gasteiger partial charge in [0, 0.05) is 17.9 Å². The number of amides is 1. The zero-order valence-electron chi connectivity index (χ0n) is 11.7. The van der Waals surface area contributed by atoms with Crippen LogP contribution in [-0.2, 0) is 22.5 Å². The van der Waals surface area contributed by atoms with E-state index in [1.807, 2.05) is 10.8 Å². The van der Waals surface area contributed by atoms with E-state index in [1.54, 1.807) is 6.33 Å². The van der Waals surface area contributed by atoms with E-state index in [-0.39, 0.29) is 6.03 Å². The average molecular weight is 293 g/mol. The molecule has 2 heterocycles. The van der Waals surface area contributed by atoms with Gasteiger partial charge in [0.2, 0.25) is 0 Å². The first-order valence-electron chi connectivity index (χ1n) is 6.65. The maximum absolute atomic E-state index is 11.9. The number of azide groups is 1. The normalized spacial score (nSPS) is 16.6. The van der Waals surface area contributed by atoms with E-state index in [0.29, 0.717) is 13.0 Å². The van der Waals surface area contributed by atoms with Crippen molar-refractivity contribution in [2.24, 2.45) is 5.11 Å². The summed E-state index contributed by atoms with van der Waals surface area (Å²) in [5, 5.41) is 6.07. The molecule has 2 rings (SSSR count). The summed E-state index contributed by atoms with van der Waals surface area (Å²) < 4.78 is 8.04. The van der Waals surface area contributed by atoms with Gasteiger partial charge in [-0.3, -0.25) is 0 Å². The van der Waals surface area contributed by atoms with Crippen molar-refractivity contribution >= 4 is 12.0 Å². The molecule has 0 spiro atoms. The number of aromatic nitrogens is 2. The second kappa shape index (κ2) is 6.76. The van der Waals surface area contributed by atoms with Crippen LogP contribution in [0.3, 0.4) is 0 Å². The number of nitrogens with zero attached hydrogens (tertiary/aromatic N) is 5. The summed E-state index contributed by atoms with van der Waals surface area (Å²) in [5.74, 6) is -0.447.